The summed E-state index contributed by atoms with van der Waals surface area (Å²) in [5.41, 5.74) is 1.96. The lowest BCUT2D eigenvalue weighted by Crippen LogP contribution is -2.23. The number of benzene rings is 1. The van der Waals surface area contributed by atoms with Crippen molar-refractivity contribution in [1.82, 2.24) is 10.3 Å². The van der Waals surface area contributed by atoms with E-state index in [1.165, 1.54) is 0 Å². The fraction of sp³-hybridized carbons (Fsp3) is 0.143. The van der Waals surface area contributed by atoms with Crippen LogP contribution in [-0.2, 0) is 17.9 Å². The maximum Gasteiger partial charge on any atom is 0.407 e. The van der Waals surface area contributed by atoms with Crippen LogP contribution in [0.3, 0.4) is 0 Å². The molecule has 0 aliphatic rings. The first-order valence-electron chi connectivity index (χ1n) is 5.68. The summed E-state index contributed by atoms with van der Waals surface area (Å²) in [6.45, 7) is 0.721. The third kappa shape index (κ3) is 3.90. The van der Waals surface area contributed by atoms with Gasteiger partial charge in [-0.3, -0.25) is 4.98 Å². The summed E-state index contributed by atoms with van der Waals surface area (Å²) in [7, 11) is 0. The van der Waals surface area contributed by atoms with E-state index < -0.39 is 6.09 Å². The number of ether oxygens (including phenoxy) is 1. The number of alkyl carbamates (subject to hydrolysis) is 1. The van der Waals surface area contributed by atoms with Crippen LogP contribution in [0.1, 0.15) is 11.1 Å². The van der Waals surface area contributed by atoms with Crippen LogP contribution in [-0.4, -0.2) is 11.1 Å². The molecular formula is C14H14N2O2. The Bertz CT molecular complexity index is 440. The van der Waals surface area contributed by atoms with Crippen LogP contribution in [0.15, 0.2) is 54.9 Å². The lowest BCUT2D eigenvalue weighted by Gasteiger charge is -2.06. The molecule has 0 radical (unpaired) electrons. The number of carbonyl (C=O) groups excluding carboxylic acids is 1. The molecule has 1 aromatic carbocycles. The number of aromatic nitrogens is 1. The van der Waals surface area contributed by atoms with Gasteiger partial charge in [0.25, 0.3) is 0 Å². The molecular weight excluding hydrogens is 228 g/mol. The predicted molar refractivity (Wildman–Crippen MR) is 67.7 cm³/mol. The lowest BCUT2D eigenvalue weighted by atomic mass is 10.2. The van der Waals surface area contributed by atoms with Crippen molar-refractivity contribution < 1.29 is 9.53 Å². The van der Waals surface area contributed by atoms with Crippen LogP contribution in [0.4, 0.5) is 4.79 Å². The number of nitrogens with zero attached hydrogens (tertiary/aromatic N) is 1. The van der Waals surface area contributed by atoms with Gasteiger partial charge in [0, 0.05) is 18.9 Å². The SMILES string of the molecule is O=C(NCc1ccncc1)OCc1ccccc1. The summed E-state index contributed by atoms with van der Waals surface area (Å²) < 4.78 is 5.08. The van der Waals surface area contributed by atoms with Gasteiger partial charge in [0.1, 0.15) is 6.61 Å². The summed E-state index contributed by atoms with van der Waals surface area (Å²) in [6.07, 6.45) is 2.95. The number of carbonyl (C=O) groups is 1. The van der Waals surface area contributed by atoms with E-state index in [1.807, 2.05) is 42.5 Å². The Labute approximate surface area is 106 Å². The summed E-state index contributed by atoms with van der Waals surface area (Å²) in [5.74, 6) is 0. The molecule has 0 bridgehead atoms. The van der Waals surface area contributed by atoms with E-state index in [0.717, 1.165) is 11.1 Å². The molecule has 0 aliphatic carbocycles. The minimum absolute atomic E-state index is 0.281. The van der Waals surface area contributed by atoms with Gasteiger partial charge in [0.2, 0.25) is 0 Å². The first kappa shape index (κ1) is 12.1. The van der Waals surface area contributed by atoms with Crippen molar-refractivity contribution in [3.05, 3.63) is 66.0 Å². The number of hydrogen-bond donors (Lipinski definition) is 1. The zero-order valence-electron chi connectivity index (χ0n) is 9.87. The van der Waals surface area contributed by atoms with E-state index in [-0.39, 0.29) is 6.61 Å². The summed E-state index contributed by atoms with van der Waals surface area (Å²) in [5, 5.41) is 2.68. The Morgan fingerprint density at radius 1 is 1.06 bits per heavy atom. The average Bonchev–Trinajstić information content (AvgIpc) is 2.45. The van der Waals surface area contributed by atoms with Gasteiger partial charge in [-0.2, -0.15) is 0 Å². The van der Waals surface area contributed by atoms with Gasteiger partial charge in [0.05, 0.1) is 0 Å². The predicted octanol–water partition coefficient (Wildman–Crippen LogP) is 2.51. The standard InChI is InChI=1S/C14H14N2O2/c17-14(16-10-12-6-8-15-9-7-12)18-11-13-4-2-1-3-5-13/h1-9H,10-11H2,(H,16,17). The molecule has 1 amide bonds. The van der Waals surface area contributed by atoms with Crippen molar-refractivity contribution >= 4 is 6.09 Å². The number of rotatable bonds is 4. The van der Waals surface area contributed by atoms with E-state index in [1.54, 1.807) is 12.4 Å². The molecule has 0 spiro atoms. The summed E-state index contributed by atoms with van der Waals surface area (Å²) >= 11 is 0. The zero-order chi connectivity index (χ0) is 12.6. The number of amides is 1. The fourth-order valence-electron chi connectivity index (χ4n) is 1.45. The van der Waals surface area contributed by atoms with Crippen molar-refractivity contribution in [1.29, 1.82) is 0 Å². The summed E-state index contributed by atoms with van der Waals surface area (Å²) in [6, 6.07) is 13.3. The third-order valence-corrected chi connectivity index (χ3v) is 2.40. The van der Waals surface area contributed by atoms with Gasteiger partial charge in [-0.05, 0) is 23.3 Å². The Kier molecular flexibility index (Phi) is 4.30. The van der Waals surface area contributed by atoms with Crippen LogP contribution in [0.2, 0.25) is 0 Å². The first-order valence-corrected chi connectivity index (χ1v) is 5.68. The van der Waals surface area contributed by atoms with E-state index in [2.05, 4.69) is 10.3 Å². The second-order valence-electron chi connectivity index (χ2n) is 3.77. The van der Waals surface area contributed by atoms with Gasteiger partial charge >= 0.3 is 6.09 Å². The van der Waals surface area contributed by atoms with Gasteiger partial charge < -0.3 is 10.1 Å². The molecule has 0 saturated heterocycles. The number of nitrogens with one attached hydrogen (secondary N) is 1. The fourth-order valence-corrected chi connectivity index (χ4v) is 1.45. The number of pyridine rings is 1. The average molecular weight is 242 g/mol. The van der Waals surface area contributed by atoms with Gasteiger partial charge in [-0.1, -0.05) is 30.3 Å². The van der Waals surface area contributed by atoms with Crippen LogP contribution in [0.5, 0.6) is 0 Å². The summed E-state index contributed by atoms with van der Waals surface area (Å²) in [4.78, 5) is 15.3. The van der Waals surface area contributed by atoms with Crippen molar-refractivity contribution in [2.24, 2.45) is 0 Å². The maximum atomic E-state index is 11.4. The monoisotopic (exact) mass is 242 g/mol. The van der Waals surface area contributed by atoms with E-state index in [9.17, 15) is 4.79 Å². The Morgan fingerprint density at radius 2 is 1.78 bits per heavy atom. The van der Waals surface area contributed by atoms with Crippen molar-refractivity contribution in [3.8, 4) is 0 Å². The molecule has 1 aromatic heterocycles. The van der Waals surface area contributed by atoms with E-state index in [4.69, 9.17) is 4.74 Å². The van der Waals surface area contributed by atoms with Crippen molar-refractivity contribution in [2.75, 3.05) is 0 Å². The Morgan fingerprint density at radius 3 is 2.50 bits per heavy atom. The molecule has 4 heteroatoms. The quantitative estimate of drug-likeness (QED) is 0.896. The highest BCUT2D eigenvalue weighted by Crippen LogP contribution is 2.01. The smallest absolute Gasteiger partial charge is 0.407 e. The third-order valence-electron chi connectivity index (χ3n) is 2.40. The first-order chi connectivity index (χ1) is 8.84. The zero-order valence-corrected chi connectivity index (χ0v) is 9.87. The second kappa shape index (κ2) is 6.39. The maximum absolute atomic E-state index is 11.4. The molecule has 4 nitrogen and oxygen atoms in total. The molecule has 18 heavy (non-hydrogen) atoms. The van der Waals surface area contributed by atoms with Crippen molar-refractivity contribution in [3.63, 3.8) is 0 Å². The van der Waals surface area contributed by atoms with Crippen LogP contribution >= 0.6 is 0 Å². The van der Waals surface area contributed by atoms with Gasteiger partial charge in [-0.15, -0.1) is 0 Å². The molecule has 1 heterocycles. The van der Waals surface area contributed by atoms with E-state index in [0.29, 0.717) is 6.54 Å². The van der Waals surface area contributed by atoms with Gasteiger partial charge in [-0.25, -0.2) is 4.79 Å². The largest absolute Gasteiger partial charge is 0.445 e. The minimum atomic E-state index is -0.421. The number of hydrogen-bond acceptors (Lipinski definition) is 3. The van der Waals surface area contributed by atoms with Crippen molar-refractivity contribution in [2.45, 2.75) is 13.2 Å². The van der Waals surface area contributed by atoms with Gasteiger partial charge in [0.15, 0.2) is 0 Å². The van der Waals surface area contributed by atoms with Crippen LogP contribution in [0, 0.1) is 0 Å². The highest BCUT2D eigenvalue weighted by Gasteiger charge is 2.02. The topological polar surface area (TPSA) is 51.2 Å². The molecule has 2 rings (SSSR count). The molecule has 0 fully saturated rings. The normalized spacial score (nSPS) is 9.78. The Hall–Kier alpha value is -2.36. The second-order valence-corrected chi connectivity index (χ2v) is 3.77. The molecule has 0 aliphatic heterocycles. The minimum Gasteiger partial charge on any atom is -0.445 e. The highest BCUT2D eigenvalue weighted by atomic mass is 16.5. The molecule has 0 saturated carbocycles. The Balaban J connectivity index is 1.73. The van der Waals surface area contributed by atoms with E-state index >= 15 is 0 Å². The van der Waals surface area contributed by atoms with Crippen LogP contribution < -0.4 is 5.32 Å². The molecule has 1 N–H and O–H groups in total. The molecule has 2 aromatic rings. The molecule has 92 valence electrons. The molecule has 0 unspecified atom stereocenters. The lowest BCUT2D eigenvalue weighted by molar-refractivity contribution is 0.139. The highest BCUT2D eigenvalue weighted by molar-refractivity contribution is 5.67. The van der Waals surface area contributed by atoms with Crippen LogP contribution in [0.25, 0.3) is 0 Å². The molecule has 0 atom stereocenters.